The van der Waals surface area contributed by atoms with Gasteiger partial charge in [-0.25, -0.2) is 0 Å². The van der Waals surface area contributed by atoms with Gasteiger partial charge in [-0.2, -0.15) is 0 Å². The van der Waals surface area contributed by atoms with Crippen LogP contribution in [0.2, 0.25) is 0 Å². The first-order chi connectivity index (χ1) is 9.37. The normalized spacial score (nSPS) is 18.6. The Morgan fingerprint density at radius 3 is 2.55 bits per heavy atom. The number of carbonyl (C=O) groups excluding carboxylic acids is 1. The highest BCUT2D eigenvalue weighted by Crippen LogP contribution is 2.20. The second-order valence-corrected chi connectivity index (χ2v) is 5.64. The number of nitrogens with one attached hydrogen (secondary N) is 1. The van der Waals surface area contributed by atoms with Crippen molar-refractivity contribution in [3.8, 4) is 0 Å². The predicted octanol–water partition coefficient (Wildman–Crippen LogP) is 1.95. The fourth-order valence-corrected chi connectivity index (χ4v) is 2.01. The minimum atomic E-state index is -0.513. The molecule has 1 aliphatic rings. The molecule has 1 fully saturated rings. The molecule has 1 amide bonds. The number of amides is 1. The molecule has 0 unspecified atom stereocenters. The Bertz CT molecular complexity index is 476. The molecule has 5 nitrogen and oxygen atoms in total. The van der Waals surface area contributed by atoms with Gasteiger partial charge in [0.05, 0.1) is 19.3 Å². The number of hydrogen-bond donors (Lipinski definition) is 1. The van der Waals surface area contributed by atoms with Gasteiger partial charge < -0.3 is 19.7 Å². The van der Waals surface area contributed by atoms with E-state index in [-0.39, 0.29) is 11.9 Å². The molecule has 110 valence electrons. The summed E-state index contributed by atoms with van der Waals surface area (Å²) < 4.78 is 11.2. The molecular formula is C15H22N2O3. The molecule has 1 aromatic rings. The highest BCUT2D eigenvalue weighted by Gasteiger charge is 2.28. The van der Waals surface area contributed by atoms with Crippen molar-refractivity contribution in [2.75, 3.05) is 32.6 Å². The van der Waals surface area contributed by atoms with E-state index in [2.05, 4.69) is 5.32 Å². The van der Waals surface area contributed by atoms with Crippen LogP contribution in [-0.2, 0) is 9.47 Å². The van der Waals surface area contributed by atoms with E-state index < -0.39 is 5.79 Å². The maximum absolute atomic E-state index is 11.9. The van der Waals surface area contributed by atoms with E-state index in [1.54, 1.807) is 19.0 Å². The number of hydrogen-bond acceptors (Lipinski definition) is 4. The second-order valence-electron chi connectivity index (χ2n) is 5.64. The average molecular weight is 278 g/mol. The molecule has 1 N–H and O–H groups in total. The van der Waals surface area contributed by atoms with Crippen molar-refractivity contribution in [2.24, 2.45) is 0 Å². The standard InChI is InChI=1S/C15H22N2O3/c1-15(2)19-9-13(10-20-15)16-12-7-5-6-11(8-12)14(18)17(3)4/h5-8,13,16H,9-10H2,1-4H3. The molecule has 0 bridgehead atoms. The lowest BCUT2D eigenvalue weighted by Crippen LogP contribution is -2.45. The summed E-state index contributed by atoms with van der Waals surface area (Å²) in [4.78, 5) is 13.5. The first-order valence-electron chi connectivity index (χ1n) is 6.73. The zero-order chi connectivity index (χ0) is 14.8. The number of anilines is 1. The van der Waals surface area contributed by atoms with Crippen LogP contribution in [0, 0.1) is 0 Å². The quantitative estimate of drug-likeness (QED) is 0.918. The molecule has 2 rings (SSSR count). The van der Waals surface area contributed by atoms with Gasteiger partial charge in [-0.3, -0.25) is 4.79 Å². The Morgan fingerprint density at radius 1 is 1.30 bits per heavy atom. The van der Waals surface area contributed by atoms with E-state index in [0.29, 0.717) is 18.8 Å². The molecule has 1 saturated heterocycles. The van der Waals surface area contributed by atoms with Crippen molar-refractivity contribution >= 4 is 11.6 Å². The molecule has 5 heteroatoms. The minimum absolute atomic E-state index is 0.00840. The molecule has 0 aromatic heterocycles. The molecule has 1 aliphatic heterocycles. The van der Waals surface area contributed by atoms with Crippen LogP contribution >= 0.6 is 0 Å². The van der Waals surface area contributed by atoms with Crippen LogP contribution in [0.5, 0.6) is 0 Å². The Labute approximate surface area is 119 Å². The maximum Gasteiger partial charge on any atom is 0.253 e. The van der Waals surface area contributed by atoms with Gasteiger partial charge in [0.1, 0.15) is 0 Å². The molecule has 1 heterocycles. The van der Waals surface area contributed by atoms with Gasteiger partial charge >= 0.3 is 0 Å². The van der Waals surface area contributed by atoms with Crippen molar-refractivity contribution in [1.29, 1.82) is 0 Å². The molecule has 0 saturated carbocycles. The summed E-state index contributed by atoms with van der Waals surface area (Å²) in [7, 11) is 3.49. The summed E-state index contributed by atoms with van der Waals surface area (Å²) in [5, 5.41) is 3.33. The number of benzene rings is 1. The van der Waals surface area contributed by atoms with Crippen molar-refractivity contribution in [1.82, 2.24) is 4.90 Å². The Balaban J connectivity index is 2.00. The van der Waals surface area contributed by atoms with Crippen LogP contribution < -0.4 is 5.32 Å². The zero-order valence-corrected chi connectivity index (χ0v) is 12.5. The summed E-state index contributed by atoms with van der Waals surface area (Å²) in [5.41, 5.74) is 1.56. The van der Waals surface area contributed by atoms with Gasteiger partial charge in [0.2, 0.25) is 0 Å². The van der Waals surface area contributed by atoms with E-state index in [1.165, 1.54) is 0 Å². The SMILES string of the molecule is CN(C)C(=O)c1cccc(NC2COC(C)(C)OC2)c1. The molecular weight excluding hydrogens is 256 g/mol. The lowest BCUT2D eigenvalue weighted by Gasteiger charge is -2.35. The van der Waals surface area contributed by atoms with Gasteiger partial charge in [-0.05, 0) is 32.0 Å². The third kappa shape index (κ3) is 3.71. The maximum atomic E-state index is 11.9. The predicted molar refractivity (Wildman–Crippen MR) is 77.9 cm³/mol. The Kier molecular flexibility index (Phi) is 4.30. The lowest BCUT2D eigenvalue weighted by atomic mass is 10.1. The lowest BCUT2D eigenvalue weighted by molar-refractivity contribution is -0.247. The van der Waals surface area contributed by atoms with Crippen molar-refractivity contribution in [3.05, 3.63) is 29.8 Å². The topological polar surface area (TPSA) is 50.8 Å². The summed E-state index contributed by atoms with van der Waals surface area (Å²) in [6.07, 6.45) is 0. The summed E-state index contributed by atoms with van der Waals surface area (Å²) in [6.45, 7) is 4.97. The highest BCUT2D eigenvalue weighted by atomic mass is 16.7. The van der Waals surface area contributed by atoms with Crippen LogP contribution in [0.4, 0.5) is 5.69 Å². The van der Waals surface area contributed by atoms with Gasteiger partial charge in [0, 0.05) is 25.3 Å². The number of carbonyl (C=O) groups is 1. The van der Waals surface area contributed by atoms with Gasteiger partial charge in [-0.15, -0.1) is 0 Å². The van der Waals surface area contributed by atoms with Crippen molar-refractivity contribution in [3.63, 3.8) is 0 Å². The number of ether oxygens (including phenoxy) is 2. The van der Waals surface area contributed by atoms with Gasteiger partial charge in [0.25, 0.3) is 5.91 Å². The monoisotopic (exact) mass is 278 g/mol. The highest BCUT2D eigenvalue weighted by molar-refractivity contribution is 5.94. The molecule has 20 heavy (non-hydrogen) atoms. The van der Waals surface area contributed by atoms with Gasteiger partial charge in [-0.1, -0.05) is 6.07 Å². The molecule has 0 spiro atoms. The summed E-state index contributed by atoms with van der Waals surface area (Å²) >= 11 is 0. The van der Waals surface area contributed by atoms with E-state index in [4.69, 9.17) is 9.47 Å². The van der Waals surface area contributed by atoms with Gasteiger partial charge in [0.15, 0.2) is 5.79 Å². The molecule has 0 radical (unpaired) electrons. The largest absolute Gasteiger partial charge is 0.378 e. The average Bonchev–Trinajstić information content (AvgIpc) is 2.40. The number of nitrogens with zero attached hydrogens (tertiary/aromatic N) is 1. The summed E-state index contributed by atoms with van der Waals surface area (Å²) in [6, 6.07) is 7.56. The van der Waals surface area contributed by atoms with Crippen LogP contribution in [-0.4, -0.2) is 49.9 Å². The summed E-state index contributed by atoms with van der Waals surface area (Å²) in [5.74, 6) is -0.521. The van der Waals surface area contributed by atoms with Crippen LogP contribution in [0.25, 0.3) is 0 Å². The zero-order valence-electron chi connectivity index (χ0n) is 12.5. The fraction of sp³-hybridized carbons (Fsp3) is 0.533. The first-order valence-corrected chi connectivity index (χ1v) is 6.73. The van der Waals surface area contributed by atoms with E-state index in [9.17, 15) is 4.79 Å². The fourth-order valence-electron chi connectivity index (χ4n) is 2.01. The van der Waals surface area contributed by atoms with E-state index >= 15 is 0 Å². The molecule has 1 aromatic carbocycles. The minimum Gasteiger partial charge on any atom is -0.378 e. The van der Waals surface area contributed by atoms with Crippen molar-refractivity contribution < 1.29 is 14.3 Å². The third-order valence-electron chi connectivity index (χ3n) is 3.15. The van der Waals surface area contributed by atoms with Crippen LogP contribution in [0.15, 0.2) is 24.3 Å². The second kappa shape index (κ2) is 5.81. The van der Waals surface area contributed by atoms with E-state index in [1.807, 2.05) is 38.1 Å². The number of rotatable bonds is 3. The first kappa shape index (κ1) is 14.8. The molecule has 0 aliphatic carbocycles. The smallest absolute Gasteiger partial charge is 0.253 e. The molecule has 0 atom stereocenters. The van der Waals surface area contributed by atoms with Crippen LogP contribution in [0.1, 0.15) is 24.2 Å². The van der Waals surface area contributed by atoms with Crippen LogP contribution in [0.3, 0.4) is 0 Å². The Morgan fingerprint density at radius 2 is 1.95 bits per heavy atom. The van der Waals surface area contributed by atoms with Crippen molar-refractivity contribution in [2.45, 2.75) is 25.7 Å². The third-order valence-corrected chi connectivity index (χ3v) is 3.15. The van der Waals surface area contributed by atoms with E-state index in [0.717, 1.165) is 5.69 Å². The Hall–Kier alpha value is -1.59.